The van der Waals surface area contributed by atoms with Crippen LogP contribution in [-0.4, -0.2) is 40.3 Å². The number of carbonyl (C=O) groups is 2. The Morgan fingerprint density at radius 1 is 1.04 bits per heavy atom. The number of ether oxygens (including phenoxy) is 1. The lowest BCUT2D eigenvalue weighted by atomic mass is 9.86. The molecule has 2 aliphatic rings. The van der Waals surface area contributed by atoms with Gasteiger partial charge in [0.2, 0.25) is 5.88 Å². The van der Waals surface area contributed by atoms with Crippen molar-refractivity contribution in [1.29, 1.82) is 5.26 Å². The number of aliphatic carboxylic acids is 1. The molecule has 0 unspecified atom stereocenters. The average Bonchev–Trinajstić information content (AvgIpc) is 2.70. The Balaban J connectivity index is 1.35. The molecule has 1 aromatic heterocycles. The van der Waals surface area contributed by atoms with E-state index in [4.69, 9.17) is 15.1 Å². The number of aromatic nitrogens is 1. The van der Waals surface area contributed by atoms with Gasteiger partial charge in [-0.1, -0.05) is 0 Å². The molecular formula is C20H26N4O4. The molecule has 0 saturated heterocycles. The van der Waals surface area contributed by atoms with E-state index in [0.29, 0.717) is 37.1 Å². The number of amides is 2. The Bertz CT molecular complexity index is 715. The van der Waals surface area contributed by atoms with Gasteiger partial charge in [-0.05, 0) is 57.4 Å². The van der Waals surface area contributed by atoms with Crippen LogP contribution in [0.25, 0.3) is 0 Å². The van der Waals surface area contributed by atoms with Gasteiger partial charge >= 0.3 is 12.0 Å². The molecule has 150 valence electrons. The van der Waals surface area contributed by atoms with Gasteiger partial charge in [-0.25, -0.2) is 9.78 Å². The molecule has 0 aromatic carbocycles. The predicted octanol–water partition coefficient (Wildman–Crippen LogP) is 2.59. The van der Waals surface area contributed by atoms with Crippen molar-refractivity contribution in [3.05, 3.63) is 23.9 Å². The minimum absolute atomic E-state index is 0.0535. The summed E-state index contributed by atoms with van der Waals surface area (Å²) in [6.07, 6.45) is 7.54. The highest BCUT2D eigenvalue weighted by Crippen LogP contribution is 2.25. The van der Waals surface area contributed by atoms with Crippen molar-refractivity contribution in [3.63, 3.8) is 0 Å². The van der Waals surface area contributed by atoms with E-state index in [0.717, 1.165) is 25.7 Å². The maximum Gasteiger partial charge on any atom is 0.315 e. The van der Waals surface area contributed by atoms with E-state index in [9.17, 15) is 9.59 Å². The number of hydrogen-bond acceptors (Lipinski definition) is 5. The van der Waals surface area contributed by atoms with Crippen LogP contribution in [-0.2, 0) is 4.79 Å². The van der Waals surface area contributed by atoms with Gasteiger partial charge in [0.25, 0.3) is 0 Å². The van der Waals surface area contributed by atoms with E-state index in [-0.39, 0.29) is 30.1 Å². The predicted molar refractivity (Wildman–Crippen MR) is 101 cm³/mol. The van der Waals surface area contributed by atoms with E-state index >= 15 is 0 Å². The van der Waals surface area contributed by atoms with Crippen LogP contribution in [0.5, 0.6) is 5.88 Å². The highest BCUT2D eigenvalue weighted by Gasteiger charge is 2.28. The van der Waals surface area contributed by atoms with Gasteiger partial charge in [0.05, 0.1) is 11.5 Å². The highest BCUT2D eigenvalue weighted by atomic mass is 16.5. The molecule has 2 fully saturated rings. The van der Waals surface area contributed by atoms with Gasteiger partial charge in [-0.2, -0.15) is 5.26 Å². The molecule has 8 heteroatoms. The molecule has 2 amide bonds. The van der Waals surface area contributed by atoms with Crippen LogP contribution in [0.15, 0.2) is 18.3 Å². The monoisotopic (exact) mass is 386 g/mol. The van der Waals surface area contributed by atoms with Gasteiger partial charge in [0.1, 0.15) is 12.2 Å². The standard InChI is InChI=1S/C20H26N4O4/c21-11-13-1-10-18(22-12-13)28-17-8-6-16(7-9-17)24-20(27)23-15-4-2-14(3-5-15)19(25)26/h1,10,12,14-17H,2-9H2,(H,25,26)(H2,23,24,27). The first-order valence-corrected chi connectivity index (χ1v) is 9.86. The number of carbonyl (C=O) groups excluding carboxylic acids is 1. The number of nitriles is 1. The zero-order valence-corrected chi connectivity index (χ0v) is 15.8. The Morgan fingerprint density at radius 3 is 2.14 bits per heavy atom. The molecule has 0 radical (unpaired) electrons. The fourth-order valence-electron chi connectivity index (χ4n) is 3.91. The third kappa shape index (κ3) is 5.59. The van der Waals surface area contributed by atoms with Crippen molar-refractivity contribution >= 4 is 12.0 Å². The van der Waals surface area contributed by atoms with Crippen LogP contribution in [0.4, 0.5) is 4.79 Å². The van der Waals surface area contributed by atoms with E-state index < -0.39 is 5.97 Å². The zero-order chi connectivity index (χ0) is 19.9. The Morgan fingerprint density at radius 2 is 1.64 bits per heavy atom. The number of carboxylic acid groups (broad SMARTS) is 1. The summed E-state index contributed by atoms with van der Waals surface area (Å²) >= 11 is 0. The first-order chi connectivity index (χ1) is 13.5. The number of pyridine rings is 1. The topological polar surface area (TPSA) is 124 Å². The molecule has 0 aliphatic heterocycles. The van der Waals surface area contributed by atoms with E-state index in [1.165, 1.54) is 6.20 Å². The lowest BCUT2D eigenvalue weighted by Crippen LogP contribution is -2.48. The molecule has 2 aliphatic carbocycles. The molecule has 0 atom stereocenters. The summed E-state index contributed by atoms with van der Waals surface area (Å²) < 4.78 is 5.86. The molecule has 3 rings (SSSR count). The largest absolute Gasteiger partial charge is 0.481 e. The lowest BCUT2D eigenvalue weighted by molar-refractivity contribution is -0.142. The van der Waals surface area contributed by atoms with Crippen LogP contribution >= 0.6 is 0 Å². The number of nitrogens with zero attached hydrogens (tertiary/aromatic N) is 2. The third-order valence-corrected chi connectivity index (χ3v) is 5.57. The van der Waals surface area contributed by atoms with Crippen LogP contribution < -0.4 is 15.4 Å². The quantitative estimate of drug-likeness (QED) is 0.714. The van der Waals surface area contributed by atoms with E-state index in [1.54, 1.807) is 12.1 Å². The second-order valence-electron chi connectivity index (χ2n) is 7.59. The molecule has 2 saturated carbocycles. The van der Waals surface area contributed by atoms with Gasteiger partial charge in [-0.15, -0.1) is 0 Å². The second kappa shape index (κ2) is 9.40. The number of rotatable bonds is 5. The molecule has 8 nitrogen and oxygen atoms in total. The molecule has 3 N–H and O–H groups in total. The maximum absolute atomic E-state index is 12.2. The SMILES string of the molecule is N#Cc1ccc(OC2CCC(NC(=O)NC3CCC(C(=O)O)CC3)CC2)nc1. The molecule has 0 bridgehead atoms. The van der Waals surface area contributed by atoms with Gasteiger partial charge in [-0.3, -0.25) is 4.79 Å². The minimum Gasteiger partial charge on any atom is -0.481 e. The minimum atomic E-state index is -0.738. The first kappa shape index (κ1) is 19.9. The smallest absolute Gasteiger partial charge is 0.315 e. The third-order valence-electron chi connectivity index (χ3n) is 5.57. The number of nitrogens with one attached hydrogen (secondary N) is 2. The summed E-state index contributed by atoms with van der Waals surface area (Å²) in [6.45, 7) is 0. The molecule has 28 heavy (non-hydrogen) atoms. The molecule has 0 spiro atoms. The summed E-state index contributed by atoms with van der Waals surface area (Å²) in [5.74, 6) is -0.495. The summed E-state index contributed by atoms with van der Waals surface area (Å²) in [5.41, 5.74) is 0.503. The van der Waals surface area contributed by atoms with E-state index in [1.807, 2.05) is 6.07 Å². The van der Waals surface area contributed by atoms with Crippen molar-refractivity contribution in [2.75, 3.05) is 0 Å². The second-order valence-corrected chi connectivity index (χ2v) is 7.59. The van der Waals surface area contributed by atoms with Gasteiger partial charge in [0, 0.05) is 24.3 Å². The zero-order valence-electron chi connectivity index (χ0n) is 15.8. The van der Waals surface area contributed by atoms with Crippen LogP contribution in [0, 0.1) is 17.2 Å². The maximum atomic E-state index is 12.2. The van der Waals surface area contributed by atoms with Crippen molar-refractivity contribution in [3.8, 4) is 11.9 Å². The summed E-state index contributed by atoms with van der Waals surface area (Å²) in [7, 11) is 0. The van der Waals surface area contributed by atoms with Crippen molar-refractivity contribution in [1.82, 2.24) is 15.6 Å². The molecular weight excluding hydrogens is 360 g/mol. The normalized spacial score (nSPS) is 27.2. The highest BCUT2D eigenvalue weighted by molar-refractivity contribution is 5.74. The number of carboxylic acids is 1. The number of hydrogen-bond donors (Lipinski definition) is 3. The van der Waals surface area contributed by atoms with Crippen LogP contribution in [0.1, 0.15) is 56.9 Å². The fraction of sp³-hybridized carbons (Fsp3) is 0.600. The molecule has 1 aromatic rings. The average molecular weight is 386 g/mol. The van der Waals surface area contributed by atoms with E-state index in [2.05, 4.69) is 15.6 Å². The molecule has 1 heterocycles. The summed E-state index contributed by atoms with van der Waals surface area (Å²) in [4.78, 5) is 27.3. The Hall–Kier alpha value is -2.82. The van der Waals surface area contributed by atoms with Gasteiger partial charge < -0.3 is 20.5 Å². The van der Waals surface area contributed by atoms with Crippen molar-refractivity contribution < 1.29 is 19.4 Å². The van der Waals surface area contributed by atoms with Crippen molar-refractivity contribution in [2.45, 2.75) is 69.6 Å². The Labute approximate surface area is 164 Å². The lowest BCUT2D eigenvalue weighted by Gasteiger charge is -2.31. The van der Waals surface area contributed by atoms with Crippen LogP contribution in [0.3, 0.4) is 0 Å². The van der Waals surface area contributed by atoms with Gasteiger partial charge in [0.15, 0.2) is 0 Å². The summed E-state index contributed by atoms with van der Waals surface area (Å²) in [5, 5.41) is 23.8. The first-order valence-electron chi connectivity index (χ1n) is 9.86. The fourth-order valence-corrected chi connectivity index (χ4v) is 3.91. The van der Waals surface area contributed by atoms with Crippen molar-refractivity contribution in [2.24, 2.45) is 5.92 Å². The Kier molecular flexibility index (Phi) is 6.69. The number of urea groups is 1. The summed E-state index contributed by atoms with van der Waals surface area (Å²) in [6, 6.07) is 5.41. The van der Waals surface area contributed by atoms with Crippen LogP contribution in [0.2, 0.25) is 0 Å².